The Hall–Kier alpha value is 2.88. The summed E-state index contributed by atoms with van der Waals surface area (Å²) in [7, 11) is 0. The van der Waals surface area contributed by atoms with Gasteiger partial charge < -0.3 is 0 Å². The molecule has 0 aromatic carbocycles. The quantitative estimate of drug-likeness (QED) is 0.306. The van der Waals surface area contributed by atoms with Crippen molar-refractivity contribution in [2.45, 2.75) is 0 Å². The van der Waals surface area contributed by atoms with E-state index in [9.17, 15) is 0 Å². The van der Waals surface area contributed by atoms with Gasteiger partial charge >= 0.3 is 36.9 Å². The molecule has 0 unspecified atom stereocenters. The third-order valence-corrected chi connectivity index (χ3v) is 0. The maximum absolute atomic E-state index is 1.96. The van der Waals surface area contributed by atoms with Crippen molar-refractivity contribution in [1.29, 1.82) is 0 Å². The molecule has 0 saturated heterocycles. The van der Waals surface area contributed by atoms with E-state index in [4.69, 9.17) is 0 Å². The molecule has 30 valence electrons. The molecule has 0 aromatic heterocycles. The number of hydrogen-bond donors (Lipinski definition) is 0. The van der Waals surface area contributed by atoms with E-state index in [0.29, 0.717) is 0 Å². The van der Waals surface area contributed by atoms with Crippen LogP contribution in [0.15, 0.2) is 0 Å². The van der Waals surface area contributed by atoms with Crippen LogP contribution in [0.3, 0.4) is 0 Å². The summed E-state index contributed by atoms with van der Waals surface area (Å²) >= 11 is 3.92. The second-order valence-electron chi connectivity index (χ2n) is 0. The van der Waals surface area contributed by atoms with Gasteiger partial charge in [0.15, 0.2) is 0 Å². The molecule has 0 rings (SSSR count). The Labute approximate surface area is 75.6 Å². The van der Waals surface area contributed by atoms with Gasteiger partial charge in [-0.2, -0.15) is 0 Å². The van der Waals surface area contributed by atoms with Gasteiger partial charge in [-0.05, 0) is 0 Å². The number of hydrogen-bond acceptors (Lipinski definition) is 0. The summed E-state index contributed by atoms with van der Waals surface area (Å²) in [5, 5.41) is 0. The maximum atomic E-state index is 1.96. The average Bonchev–Trinajstić information content (AvgIpc) is 1.00. The Morgan fingerprint density at radius 1 is 0.750 bits per heavy atom. The van der Waals surface area contributed by atoms with Crippen LogP contribution < -0.4 is 0 Å². The van der Waals surface area contributed by atoms with Crippen molar-refractivity contribution in [1.82, 2.24) is 0 Å². The topological polar surface area (TPSA) is 0 Å². The fourth-order valence-electron chi connectivity index (χ4n) is 0. The SMILES string of the molecule is [Ir].[Ir].[Te][Te]. The summed E-state index contributed by atoms with van der Waals surface area (Å²) in [5.74, 6) is 0. The van der Waals surface area contributed by atoms with Crippen LogP contribution in [0.25, 0.3) is 0 Å². The van der Waals surface area contributed by atoms with Crippen molar-refractivity contribution in [3.05, 3.63) is 0 Å². The molecule has 0 aliphatic rings. The van der Waals surface area contributed by atoms with Gasteiger partial charge in [0.2, 0.25) is 0 Å². The summed E-state index contributed by atoms with van der Waals surface area (Å²) in [6.45, 7) is 0. The normalized spacial score (nSPS) is 1.50. The molecule has 0 heterocycles. The van der Waals surface area contributed by atoms with E-state index in [-0.39, 0.29) is 40.2 Å². The molecule has 4 radical (unpaired) electrons. The van der Waals surface area contributed by atoms with Gasteiger partial charge in [-0.1, -0.05) is 0 Å². The second-order valence-corrected chi connectivity index (χ2v) is 0. The summed E-state index contributed by atoms with van der Waals surface area (Å²) in [4.78, 5) is 0. The fraction of sp³-hybridized carbons (Fsp3) is 0. The molecule has 0 spiro atoms. The fourth-order valence-corrected chi connectivity index (χ4v) is 0. The number of rotatable bonds is 0. The van der Waals surface area contributed by atoms with E-state index in [1.54, 1.807) is 0 Å². The average molecular weight is 640 g/mol. The first kappa shape index (κ1) is 15.8. The van der Waals surface area contributed by atoms with Crippen molar-refractivity contribution in [3.8, 4) is 0 Å². The first-order valence-corrected chi connectivity index (χ1v) is 7.50. The zero-order valence-corrected chi connectivity index (χ0v) is 10.9. The predicted octanol–water partition coefficient (Wildman–Crippen LogP) is -0.767. The molecule has 0 aromatic rings. The van der Waals surface area contributed by atoms with Gasteiger partial charge in [-0.25, -0.2) is 0 Å². The summed E-state index contributed by atoms with van der Waals surface area (Å²) < 4.78 is 0. The zero-order chi connectivity index (χ0) is 2.00. The molecule has 0 atom stereocenters. The second kappa shape index (κ2) is 16.9. The standard InChI is InChI=1S/2Ir.Te2/c;;1-2. The molecule has 4 heavy (non-hydrogen) atoms. The van der Waals surface area contributed by atoms with E-state index in [1.807, 2.05) is 36.9 Å². The van der Waals surface area contributed by atoms with E-state index in [0.717, 1.165) is 0 Å². The molecule has 0 bridgehead atoms. The molecule has 0 amide bonds. The molecule has 4 heteroatoms. The Bertz CT molecular complexity index is 4.00. The van der Waals surface area contributed by atoms with Gasteiger partial charge in [-0.15, -0.1) is 0 Å². The van der Waals surface area contributed by atoms with E-state index in [2.05, 4.69) is 0 Å². The Kier molecular flexibility index (Phi) is 66.7. The predicted molar refractivity (Wildman–Crippen MR) is 11.5 cm³/mol. The van der Waals surface area contributed by atoms with Crippen LogP contribution >= 0.6 is 0 Å². The summed E-state index contributed by atoms with van der Waals surface area (Å²) in [6.07, 6.45) is 0. The van der Waals surface area contributed by atoms with Crippen LogP contribution in [0.4, 0.5) is 0 Å². The van der Waals surface area contributed by atoms with Crippen LogP contribution in [0.5, 0.6) is 0 Å². The van der Waals surface area contributed by atoms with Gasteiger partial charge in [0.05, 0.1) is 0 Å². The van der Waals surface area contributed by atoms with Gasteiger partial charge in [0.25, 0.3) is 0 Å². The van der Waals surface area contributed by atoms with Gasteiger partial charge in [-0.3, -0.25) is 0 Å². The van der Waals surface area contributed by atoms with E-state index in [1.165, 1.54) is 0 Å². The van der Waals surface area contributed by atoms with Crippen molar-refractivity contribution in [3.63, 3.8) is 0 Å². The van der Waals surface area contributed by atoms with Crippen LogP contribution in [-0.4, -0.2) is 36.9 Å². The molecular weight excluding hydrogens is 640 g/mol. The van der Waals surface area contributed by atoms with Gasteiger partial charge in [0, 0.05) is 40.2 Å². The van der Waals surface area contributed by atoms with Crippen molar-refractivity contribution >= 4 is 36.9 Å². The summed E-state index contributed by atoms with van der Waals surface area (Å²) in [5.41, 5.74) is 0. The molecule has 0 saturated carbocycles. The van der Waals surface area contributed by atoms with Crippen molar-refractivity contribution in [2.24, 2.45) is 0 Å². The zero-order valence-electron chi connectivity index (χ0n) is 1.48. The molecule has 0 fully saturated rings. The van der Waals surface area contributed by atoms with Crippen LogP contribution in [0.1, 0.15) is 0 Å². The molecule has 0 aliphatic carbocycles. The van der Waals surface area contributed by atoms with Crippen molar-refractivity contribution in [2.75, 3.05) is 0 Å². The van der Waals surface area contributed by atoms with Crippen LogP contribution in [0.2, 0.25) is 0 Å². The Morgan fingerprint density at radius 2 is 0.750 bits per heavy atom. The summed E-state index contributed by atoms with van der Waals surface area (Å²) in [6, 6.07) is 0. The Morgan fingerprint density at radius 3 is 0.750 bits per heavy atom. The first-order chi connectivity index (χ1) is 1.00. The Balaban J connectivity index is -0.00000000500. The molecule has 0 N–H and O–H groups in total. The minimum absolute atomic E-state index is 0. The van der Waals surface area contributed by atoms with Crippen LogP contribution in [0, 0.1) is 0 Å². The molecular formula is Ir2Te2. The molecule has 0 aliphatic heterocycles. The van der Waals surface area contributed by atoms with E-state index < -0.39 is 0 Å². The van der Waals surface area contributed by atoms with Crippen LogP contribution in [-0.2, 0) is 40.2 Å². The monoisotopic (exact) mass is 646 g/mol. The third kappa shape index (κ3) is 8.86. The molecule has 0 nitrogen and oxygen atoms in total. The van der Waals surface area contributed by atoms with Gasteiger partial charge in [0.1, 0.15) is 0 Å². The van der Waals surface area contributed by atoms with E-state index >= 15 is 0 Å². The minimum atomic E-state index is 0. The van der Waals surface area contributed by atoms with Crippen molar-refractivity contribution < 1.29 is 40.2 Å². The first-order valence-electron chi connectivity index (χ1n) is 0.167. The third-order valence-electron chi connectivity index (χ3n) is 0.